The van der Waals surface area contributed by atoms with Crippen LogP contribution in [0.15, 0.2) is 23.1 Å². The predicted octanol–water partition coefficient (Wildman–Crippen LogP) is 0.0370. The highest BCUT2D eigenvalue weighted by molar-refractivity contribution is 7.89. The van der Waals surface area contributed by atoms with Crippen molar-refractivity contribution in [1.82, 2.24) is 4.31 Å². The third kappa shape index (κ3) is 2.43. The number of sulfonamides is 1. The molecule has 7 heteroatoms. The number of hydrogen-bond donors (Lipinski definition) is 1. The van der Waals surface area contributed by atoms with Crippen molar-refractivity contribution in [3.63, 3.8) is 0 Å². The van der Waals surface area contributed by atoms with E-state index >= 15 is 0 Å². The molecule has 1 aliphatic heterocycles. The number of likely N-dealkylation sites (N-methyl/N-ethyl adjacent to an activating group) is 1. The molecule has 0 amide bonds. The van der Waals surface area contributed by atoms with Crippen molar-refractivity contribution < 1.29 is 17.9 Å². The van der Waals surface area contributed by atoms with Crippen LogP contribution in [0.25, 0.3) is 0 Å². The first-order chi connectivity index (χ1) is 8.55. The lowest BCUT2D eigenvalue weighted by atomic mass is 10.3. The van der Waals surface area contributed by atoms with Crippen LogP contribution in [-0.4, -0.2) is 46.1 Å². The second-order valence-corrected chi connectivity index (χ2v) is 5.97. The zero-order valence-electron chi connectivity index (χ0n) is 10.1. The highest BCUT2D eigenvalue weighted by Gasteiger charge is 2.22. The molecule has 6 nitrogen and oxygen atoms in total. The number of benzene rings is 1. The molecule has 1 heterocycles. The molecule has 0 unspecified atom stereocenters. The molecule has 2 rings (SSSR count). The van der Waals surface area contributed by atoms with E-state index in [1.54, 1.807) is 6.07 Å². The monoisotopic (exact) mass is 272 g/mol. The third-order valence-electron chi connectivity index (χ3n) is 2.67. The first kappa shape index (κ1) is 13.1. The van der Waals surface area contributed by atoms with Gasteiger partial charge in [-0.1, -0.05) is 0 Å². The van der Waals surface area contributed by atoms with Crippen LogP contribution < -0.4 is 15.2 Å². The summed E-state index contributed by atoms with van der Waals surface area (Å²) in [5.41, 5.74) is 5.36. The van der Waals surface area contributed by atoms with Gasteiger partial charge in [0.05, 0.1) is 4.90 Å². The Balaban J connectivity index is 2.33. The van der Waals surface area contributed by atoms with E-state index in [9.17, 15) is 8.42 Å². The van der Waals surface area contributed by atoms with E-state index < -0.39 is 10.0 Å². The maximum absolute atomic E-state index is 12.2. The molecule has 0 radical (unpaired) electrons. The average Bonchev–Trinajstić information content (AvgIpc) is 2.38. The van der Waals surface area contributed by atoms with Gasteiger partial charge in [0.25, 0.3) is 0 Å². The van der Waals surface area contributed by atoms with E-state index in [1.807, 2.05) is 0 Å². The van der Waals surface area contributed by atoms with Gasteiger partial charge in [-0.2, -0.15) is 4.31 Å². The lowest BCUT2D eigenvalue weighted by molar-refractivity contribution is 0.171. The van der Waals surface area contributed by atoms with Gasteiger partial charge in [-0.15, -0.1) is 0 Å². The molecule has 0 saturated carbocycles. The quantitative estimate of drug-likeness (QED) is 0.836. The summed E-state index contributed by atoms with van der Waals surface area (Å²) in [7, 11) is -2.02. The normalized spacial score (nSPS) is 14.8. The first-order valence-corrected chi connectivity index (χ1v) is 7.06. The molecule has 0 bridgehead atoms. The van der Waals surface area contributed by atoms with Gasteiger partial charge >= 0.3 is 0 Å². The maximum atomic E-state index is 12.2. The van der Waals surface area contributed by atoms with Crippen molar-refractivity contribution in [2.45, 2.75) is 4.90 Å². The van der Waals surface area contributed by atoms with Crippen molar-refractivity contribution in [3.8, 4) is 11.5 Å². The Morgan fingerprint density at radius 3 is 2.61 bits per heavy atom. The van der Waals surface area contributed by atoms with Gasteiger partial charge in [-0.25, -0.2) is 8.42 Å². The molecule has 0 spiro atoms. The van der Waals surface area contributed by atoms with Crippen LogP contribution in [0, 0.1) is 0 Å². The summed E-state index contributed by atoms with van der Waals surface area (Å²) in [6, 6.07) is 4.60. The third-order valence-corrected chi connectivity index (χ3v) is 4.52. The van der Waals surface area contributed by atoms with E-state index in [0.29, 0.717) is 24.7 Å². The Morgan fingerprint density at radius 1 is 1.28 bits per heavy atom. The van der Waals surface area contributed by atoms with Crippen LogP contribution in [0.4, 0.5) is 0 Å². The highest BCUT2D eigenvalue weighted by Crippen LogP contribution is 2.32. The molecule has 2 N–H and O–H groups in total. The average molecular weight is 272 g/mol. The number of nitrogens with zero attached hydrogens (tertiary/aromatic N) is 1. The van der Waals surface area contributed by atoms with Crippen molar-refractivity contribution in [2.24, 2.45) is 5.73 Å². The molecule has 100 valence electrons. The summed E-state index contributed by atoms with van der Waals surface area (Å²) >= 11 is 0. The van der Waals surface area contributed by atoms with Gasteiger partial charge in [0.1, 0.15) is 13.2 Å². The van der Waals surface area contributed by atoms with Gasteiger partial charge in [0.15, 0.2) is 11.5 Å². The second kappa shape index (κ2) is 5.13. The largest absolute Gasteiger partial charge is 0.486 e. The van der Waals surface area contributed by atoms with Crippen LogP contribution in [0.5, 0.6) is 11.5 Å². The van der Waals surface area contributed by atoms with E-state index in [-0.39, 0.29) is 18.0 Å². The van der Waals surface area contributed by atoms with E-state index in [4.69, 9.17) is 15.2 Å². The number of hydrogen-bond acceptors (Lipinski definition) is 5. The van der Waals surface area contributed by atoms with Gasteiger partial charge in [-0.05, 0) is 12.1 Å². The lowest BCUT2D eigenvalue weighted by Crippen LogP contribution is -2.31. The van der Waals surface area contributed by atoms with Crippen molar-refractivity contribution in [2.75, 3.05) is 33.4 Å². The van der Waals surface area contributed by atoms with Crippen molar-refractivity contribution in [1.29, 1.82) is 0 Å². The Bertz CT molecular complexity index is 530. The van der Waals surface area contributed by atoms with E-state index in [0.717, 1.165) is 0 Å². The summed E-state index contributed by atoms with van der Waals surface area (Å²) in [6.45, 7) is 1.46. The minimum absolute atomic E-state index is 0.183. The summed E-state index contributed by atoms with van der Waals surface area (Å²) in [4.78, 5) is 0.183. The number of fused-ring (bicyclic) bond motifs is 1. The summed E-state index contributed by atoms with van der Waals surface area (Å²) in [5, 5.41) is 0. The van der Waals surface area contributed by atoms with Crippen LogP contribution >= 0.6 is 0 Å². The minimum atomic E-state index is -3.52. The molecule has 0 fully saturated rings. The van der Waals surface area contributed by atoms with Crippen LogP contribution in [0.3, 0.4) is 0 Å². The number of rotatable bonds is 4. The Morgan fingerprint density at radius 2 is 1.94 bits per heavy atom. The zero-order valence-corrected chi connectivity index (χ0v) is 10.9. The van der Waals surface area contributed by atoms with Gasteiger partial charge < -0.3 is 15.2 Å². The Labute approximate surface area is 106 Å². The number of ether oxygens (including phenoxy) is 2. The molecule has 1 aromatic rings. The fourth-order valence-electron chi connectivity index (χ4n) is 1.67. The van der Waals surface area contributed by atoms with E-state index in [2.05, 4.69) is 0 Å². The standard InChI is InChI=1S/C11H16N2O4S/c1-13(5-4-12)18(14,15)9-2-3-10-11(8-9)17-7-6-16-10/h2-3,8H,4-7,12H2,1H3. The molecule has 0 saturated heterocycles. The molecule has 0 atom stereocenters. The van der Waals surface area contributed by atoms with Gasteiger partial charge in [0, 0.05) is 26.2 Å². The fraction of sp³-hybridized carbons (Fsp3) is 0.455. The van der Waals surface area contributed by atoms with E-state index in [1.165, 1.54) is 23.5 Å². The predicted molar refractivity (Wildman–Crippen MR) is 66.3 cm³/mol. The van der Waals surface area contributed by atoms with Crippen LogP contribution in [-0.2, 0) is 10.0 Å². The molecule has 18 heavy (non-hydrogen) atoms. The SMILES string of the molecule is CN(CCN)S(=O)(=O)c1ccc2c(c1)OCCO2. The number of nitrogens with two attached hydrogens (primary N) is 1. The summed E-state index contributed by atoms with van der Waals surface area (Å²) in [5.74, 6) is 1.03. The fourth-order valence-corrected chi connectivity index (χ4v) is 2.87. The Hall–Kier alpha value is -1.31. The maximum Gasteiger partial charge on any atom is 0.242 e. The van der Waals surface area contributed by atoms with Crippen molar-refractivity contribution >= 4 is 10.0 Å². The topological polar surface area (TPSA) is 81.9 Å². The molecule has 0 aliphatic carbocycles. The molecule has 1 aliphatic rings. The first-order valence-electron chi connectivity index (χ1n) is 5.62. The minimum Gasteiger partial charge on any atom is -0.486 e. The molecule has 0 aromatic heterocycles. The summed E-state index contributed by atoms with van der Waals surface area (Å²) in [6.07, 6.45) is 0. The van der Waals surface area contributed by atoms with Crippen molar-refractivity contribution in [3.05, 3.63) is 18.2 Å². The zero-order chi connectivity index (χ0) is 13.2. The lowest BCUT2D eigenvalue weighted by Gasteiger charge is -2.20. The highest BCUT2D eigenvalue weighted by atomic mass is 32.2. The molecular weight excluding hydrogens is 256 g/mol. The van der Waals surface area contributed by atoms with Crippen LogP contribution in [0.1, 0.15) is 0 Å². The summed E-state index contributed by atoms with van der Waals surface area (Å²) < 4.78 is 36.3. The van der Waals surface area contributed by atoms with Crippen LogP contribution in [0.2, 0.25) is 0 Å². The smallest absolute Gasteiger partial charge is 0.242 e. The molecular formula is C11H16N2O4S. The van der Waals surface area contributed by atoms with Gasteiger partial charge in [0.2, 0.25) is 10.0 Å². The molecule has 1 aromatic carbocycles. The van der Waals surface area contributed by atoms with Gasteiger partial charge in [-0.3, -0.25) is 0 Å². The Kier molecular flexibility index (Phi) is 3.74. The second-order valence-electron chi connectivity index (χ2n) is 3.92.